The quantitative estimate of drug-likeness (QED) is 0.174. The van der Waals surface area contributed by atoms with Gasteiger partial charge in [0.15, 0.2) is 5.78 Å². The highest BCUT2D eigenvalue weighted by Gasteiger charge is 2.52. The van der Waals surface area contributed by atoms with Gasteiger partial charge in [0.2, 0.25) is 0 Å². The Morgan fingerprint density at radius 2 is 1.27 bits per heavy atom. The predicted molar refractivity (Wildman–Crippen MR) is 268 cm³/mol. The van der Waals surface area contributed by atoms with E-state index in [4.69, 9.17) is 0 Å². The highest BCUT2D eigenvalue weighted by Crippen LogP contribution is 2.62. The van der Waals surface area contributed by atoms with Gasteiger partial charge in [-0.25, -0.2) is 0 Å². The lowest BCUT2D eigenvalue weighted by Gasteiger charge is -2.57. The minimum atomic E-state index is 0.152. The fourth-order valence-electron chi connectivity index (χ4n) is 18.3. The second-order valence-corrected chi connectivity index (χ2v) is 23.5. The molecule has 4 nitrogen and oxygen atoms in total. The molecule has 1 spiro atoms. The van der Waals surface area contributed by atoms with E-state index in [0.29, 0.717) is 11.7 Å². The molecule has 6 aromatic carbocycles. The maximum Gasteiger partial charge on any atom is 0.166 e. The molecule has 66 heavy (non-hydrogen) atoms. The number of carbonyl (C=O) groups excluding carboxylic acids is 1. The fourth-order valence-corrected chi connectivity index (χ4v) is 18.3. The van der Waals surface area contributed by atoms with Crippen molar-refractivity contribution in [1.29, 1.82) is 5.26 Å². The first kappa shape index (κ1) is 36.2. The van der Waals surface area contributed by atoms with Crippen LogP contribution in [-0.2, 0) is 17.3 Å². The van der Waals surface area contributed by atoms with Gasteiger partial charge in [0.1, 0.15) is 0 Å². The Kier molecular flexibility index (Phi) is 6.57. The molecule has 4 aromatic heterocycles. The third-order valence-corrected chi connectivity index (χ3v) is 20.4. The lowest BCUT2D eigenvalue weighted by Crippen LogP contribution is -2.48. The van der Waals surface area contributed by atoms with Crippen LogP contribution in [0.15, 0.2) is 78.9 Å². The van der Waals surface area contributed by atoms with Gasteiger partial charge in [-0.15, -0.1) is 0 Å². The summed E-state index contributed by atoms with van der Waals surface area (Å²) in [5.74, 6) is 3.61. The number of hydrogen-bond acceptors (Lipinski definition) is 2. The standard InChI is InChI=1S/C62H53N3O/c1-32-17-49-55-41-13-16-61(14-5-6-15-61)57(41)39(31-63)21-53(55)65-52-25-44-46-23-40(62-28-33-18-34(29-62)20-35(19-33)30-62)22-45-43-24-42-36-9-11-38(12-10-36)60(66)47(42)26-50(43)64(58(45)46)51(44)27-48(52)56(59(49)65)54(32)37-7-3-2-4-8-37/h2-4,7-8,17,21-27,33-36,38H,5-6,9-16,18-20,28-30H2,1H3. The highest BCUT2D eigenvalue weighted by molar-refractivity contribution is 6.32. The van der Waals surface area contributed by atoms with Gasteiger partial charge >= 0.3 is 0 Å². The van der Waals surface area contributed by atoms with Crippen molar-refractivity contribution in [3.63, 3.8) is 0 Å². The number of aryl methyl sites for hydroxylation is 2. The first-order valence-electron chi connectivity index (χ1n) is 25.9. The summed E-state index contributed by atoms with van der Waals surface area (Å²) in [6.07, 6.45) is 19.8. The number of benzene rings is 6. The summed E-state index contributed by atoms with van der Waals surface area (Å²) in [6.45, 7) is 2.33. The van der Waals surface area contributed by atoms with Crippen LogP contribution in [0.5, 0.6) is 0 Å². The van der Waals surface area contributed by atoms with Gasteiger partial charge in [0.25, 0.3) is 0 Å². The van der Waals surface area contributed by atoms with Crippen LogP contribution in [-0.4, -0.2) is 14.6 Å². The number of nitrogens with zero attached hydrogens (tertiary/aromatic N) is 3. The minimum absolute atomic E-state index is 0.152. The molecule has 9 aliphatic rings. The van der Waals surface area contributed by atoms with Crippen molar-refractivity contribution in [2.75, 3.05) is 0 Å². The van der Waals surface area contributed by atoms with Crippen molar-refractivity contribution in [2.24, 2.45) is 23.7 Å². The maximum atomic E-state index is 14.4. The minimum Gasteiger partial charge on any atom is -0.308 e. The number of hydrogen-bond donors (Lipinski definition) is 0. The third kappa shape index (κ3) is 4.21. The summed E-state index contributed by atoms with van der Waals surface area (Å²) in [6, 6.07) is 34.0. The smallest absolute Gasteiger partial charge is 0.166 e. The Morgan fingerprint density at radius 1 is 0.621 bits per heavy atom. The zero-order valence-electron chi connectivity index (χ0n) is 38.0. The van der Waals surface area contributed by atoms with E-state index in [0.717, 1.165) is 61.0 Å². The number of nitriles is 1. The highest BCUT2D eigenvalue weighted by atomic mass is 16.1. The fraction of sp³-hybridized carbons (Fsp3) is 0.387. The van der Waals surface area contributed by atoms with E-state index in [2.05, 4.69) is 101 Å². The van der Waals surface area contributed by atoms with E-state index in [1.807, 2.05) is 0 Å². The van der Waals surface area contributed by atoms with Gasteiger partial charge in [0, 0.05) is 54.6 Å². The molecule has 4 heterocycles. The monoisotopic (exact) mass is 855 g/mol. The number of carbonyl (C=O) groups is 1. The Bertz CT molecular complexity index is 3880. The number of Topliss-reactive ketones (excluding diaryl/α,β-unsaturated/α-hetero) is 1. The maximum absolute atomic E-state index is 14.4. The van der Waals surface area contributed by atoms with Crippen molar-refractivity contribution < 1.29 is 4.79 Å². The summed E-state index contributed by atoms with van der Waals surface area (Å²) < 4.78 is 5.20. The van der Waals surface area contributed by atoms with E-state index < -0.39 is 0 Å². The van der Waals surface area contributed by atoms with Gasteiger partial charge in [-0.2, -0.15) is 5.26 Å². The molecule has 0 atom stereocenters. The average molecular weight is 856 g/mol. The first-order valence-corrected chi connectivity index (χ1v) is 25.9. The summed E-state index contributed by atoms with van der Waals surface area (Å²) in [4.78, 5) is 14.4. The van der Waals surface area contributed by atoms with E-state index in [9.17, 15) is 10.1 Å². The molecule has 6 bridgehead atoms. The summed E-state index contributed by atoms with van der Waals surface area (Å²) in [7, 11) is 0. The van der Waals surface area contributed by atoms with Gasteiger partial charge in [-0.3, -0.25) is 4.79 Å². The van der Waals surface area contributed by atoms with Crippen LogP contribution in [0.3, 0.4) is 0 Å². The topological polar surface area (TPSA) is 49.7 Å². The van der Waals surface area contributed by atoms with Crippen LogP contribution in [0, 0.1) is 41.9 Å². The molecule has 0 unspecified atom stereocenters. The Labute approximate surface area is 384 Å². The molecule has 0 N–H and O–H groups in total. The third-order valence-electron chi connectivity index (χ3n) is 20.4. The SMILES string of the molecule is Cc1cc2c3c4c(c(C#N)cc3n3c5cc6c7cc(C89CC%10CC(CC(C%10)C8)C9)cc8c9cc%10c(cc9n(c6cc5c(c1-c1ccccc1)c23)c87)C(=O)C1CCC%10CC1)C1(CCCC1)CC4. The second kappa shape index (κ2) is 12.0. The van der Waals surface area contributed by atoms with Crippen molar-refractivity contribution in [1.82, 2.24) is 8.80 Å². The lowest BCUT2D eigenvalue weighted by molar-refractivity contribution is -0.00508. The summed E-state index contributed by atoms with van der Waals surface area (Å²) >= 11 is 0. The van der Waals surface area contributed by atoms with E-state index in [1.54, 1.807) is 5.56 Å². The van der Waals surface area contributed by atoms with Crippen LogP contribution in [0.1, 0.15) is 146 Å². The number of fused-ring (bicyclic) bond motifs is 17. The molecule has 6 fully saturated rings. The number of aromatic nitrogens is 2. The van der Waals surface area contributed by atoms with Crippen LogP contribution >= 0.6 is 0 Å². The molecule has 0 amide bonds. The molecular weight excluding hydrogens is 803 g/mol. The van der Waals surface area contributed by atoms with Gasteiger partial charge in [0.05, 0.1) is 44.7 Å². The van der Waals surface area contributed by atoms with E-state index in [1.165, 1.54) is 180 Å². The van der Waals surface area contributed by atoms with E-state index >= 15 is 0 Å². The molecule has 322 valence electrons. The van der Waals surface area contributed by atoms with Gasteiger partial charge < -0.3 is 8.80 Å². The van der Waals surface area contributed by atoms with Crippen LogP contribution in [0.25, 0.3) is 87.3 Å². The van der Waals surface area contributed by atoms with Crippen LogP contribution < -0.4 is 0 Å². The molecule has 0 radical (unpaired) electrons. The predicted octanol–water partition coefficient (Wildman–Crippen LogP) is 15.5. The van der Waals surface area contributed by atoms with Crippen molar-refractivity contribution >= 4 is 82.0 Å². The van der Waals surface area contributed by atoms with Crippen molar-refractivity contribution in [3.8, 4) is 17.2 Å². The average Bonchev–Trinajstić information content (AvgIpc) is 4.18. The Morgan fingerprint density at radius 3 is 2.00 bits per heavy atom. The van der Waals surface area contributed by atoms with Crippen molar-refractivity contribution in [2.45, 2.75) is 126 Å². The second-order valence-electron chi connectivity index (χ2n) is 23.5. The molecule has 0 saturated heterocycles. The summed E-state index contributed by atoms with van der Waals surface area (Å²) in [5.41, 5.74) is 19.4. The first-order chi connectivity index (χ1) is 32.4. The van der Waals surface area contributed by atoms with Crippen LogP contribution in [0.2, 0.25) is 0 Å². The van der Waals surface area contributed by atoms with Gasteiger partial charge in [-0.05, 0) is 219 Å². The number of rotatable bonds is 2. The molecule has 19 rings (SSSR count). The molecule has 4 heteroatoms. The van der Waals surface area contributed by atoms with Crippen molar-refractivity contribution in [3.05, 3.63) is 118 Å². The Hall–Kier alpha value is -5.92. The summed E-state index contributed by atoms with van der Waals surface area (Å²) in [5, 5.41) is 21.8. The molecule has 10 aromatic rings. The van der Waals surface area contributed by atoms with Gasteiger partial charge in [-0.1, -0.05) is 43.2 Å². The lowest BCUT2D eigenvalue weighted by atomic mass is 9.48. The molecule has 6 saturated carbocycles. The molecular formula is C62H53N3O. The van der Waals surface area contributed by atoms with E-state index in [-0.39, 0.29) is 16.7 Å². The zero-order chi connectivity index (χ0) is 43.1. The largest absolute Gasteiger partial charge is 0.308 e. The Balaban J connectivity index is 1.05. The normalized spacial score (nSPS) is 27.5. The molecule has 9 aliphatic carbocycles. The zero-order valence-corrected chi connectivity index (χ0v) is 38.0. The molecule has 0 aliphatic heterocycles. The number of ketones is 1. The van der Waals surface area contributed by atoms with Crippen LogP contribution in [0.4, 0.5) is 0 Å².